The van der Waals surface area contributed by atoms with Crippen molar-refractivity contribution in [2.75, 3.05) is 25.0 Å². The number of methoxy groups -OCH3 is 1. The van der Waals surface area contributed by atoms with Crippen LogP contribution in [0.3, 0.4) is 0 Å². The second-order valence-electron chi connectivity index (χ2n) is 8.44. The maximum Gasteiger partial charge on any atom is 0.264 e. The number of halogens is 1. The van der Waals surface area contributed by atoms with Gasteiger partial charge in [0.2, 0.25) is 11.8 Å². The number of sulfonamides is 1. The minimum Gasteiger partial charge on any atom is -0.495 e. The van der Waals surface area contributed by atoms with Crippen LogP contribution < -0.4 is 14.4 Å². The van der Waals surface area contributed by atoms with Crippen molar-refractivity contribution in [2.45, 2.75) is 31.3 Å². The number of carbonyl (C=O) groups is 2. The molecule has 0 heterocycles. The third kappa shape index (κ3) is 6.61. The summed E-state index contributed by atoms with van der Waals surface area (Å²) >= 11 is 6.22. The van der Waals surface area contributed by atoms with Gasteiger partial charge in [-0.05, 0) is 49.7 Å². The quantitative estimate of drug-likeness (QED) is 0.417. The lowest BCUT2D eigenvalue weighted by molar-refractivity contribution is -0.139. The second-order valence-corrected chi connectivity index (χ2v) is 10.7. The van der Waals surface area contributed by atoms with E-state index in [1.807, 2.05) is 31.2 Å². The molecule has 0 saturated carbocycles. The summed E-state index contributed by atoms with van der Waals surface area (Å²) in [5.41, 5.74) is 1.91. The fraction of sp³-hybridized carbons (Fsp3) is 0.259. The SMILES string of the molecule is CNC(=O)C(C)N(Cc1cccc(C)c1)C(=O)CN(c1cc(Cl)ccc1OC)S(=O)(=O)c1ccccc1. The zero-order valence-electron chi connectivity index (χ0n) is 21.1. The molecule has 10 heteroatoms. The van der Waals surface area contributed by atoms with Crippen LogP contribution in [0.25, 0.3) is 0 Å². The fourth-order valence-corrected chi connectivity index (χ4v) is 5.49. The molecule has 0 fully saturated rings. The van der Waals surface area contributed by atoms with Crippen molar-refractivity contribution in [1.82, 2.24) is 10.2 Å². The van der Waals surface area contributed by atoms with E-state index in [0.717, 1.165) is 15.4 Å². The van der Waals surface area contributed by atoms with Gasteiger partial charge in [-0.3, -0.25) is 13.9 Å². The van der Waals surface area contributed by atoms with Crippen LogP contribution >= 0.6 is 11.6 Å². The maximum atomic E-state index is 13.8. The smallest absolute Gasteiger partial charge is 0.264 e. The summed E-state index contributed by atoms with van der Waals surface area (Å²) < 4.78 is 34.0. The molecule has 37 heavy (non-hydrogen) atoms. The van der Waals surface area contributed by atoms with E-state index in [-0.39, 0.29) is 33.8 Å². The average molecular weight is 544 g/mol. The Morgan fingerprint density at radius 1 is 1.03 bits per heavy atom. The Labute approximate surface area is 222 Å². The Morgan fingerprint density at radius 2 is 1.73 bits per heavy atom. The molecule has 0 aliphatic heterocycles. The summed E-state index contributed by atoms with van der Waals surface area (Å²) in [7, 11) is -1.33. The molecule has 2 amide bonds. The van der Waals surface area contributed by atoms with Gasteiger partial charge >= 0.3 is 0 Å². The molecule has 0 aliphatic carbocycles. The van der Waals surface area contributed by atoms with Crippen molar-refractivity contribution in [2.24, 2.45) is 0 Å². The van der Waals surface area contributed by atoms with Crippen molar-refractivity contribution in [3.05, 3.63) is 88.9 Å². The number of amides is 2. The molecule has 1 unspecified atom stereocenters. The van der Waals surface area contributed by atoms with Gasteiger partial charge in [0.05, 0.1) is 17.7 Å². The lowest BCUT2D eigenvalue weighted by atomic mass is 10.1. The Bertz CT molecular complexity index is 1370. The van der Waals surface area contributed by atoms with Crippen LogP contribution in [0.5, 0.6) is 5.75 Å². The van der Waals surface area contributed by atoms with Crippen molar-refractivity contribution < 1.29 is 22.7 Å². The molecule has 0 radical (unpaired) electrons. The Balaban J connectivity index is 2.10. The van der Waals surface area contributed by atoms with E-state index in [1.54, 1.807) is 31.2 Å². The highest BCUT2D eigenvalue weighted by atomic mass is 35.5. The molecular formula is C27H30ClN3O5S. The fourth-order valence-electron chi connectivity index (χ4n) is 3.89. The molecule has 0 aromatic heterocycles. The molecule has 8 nitrogen and oxygen atoms in total. The topological polar surface area (TPSA) is 96.0 Å². The molecule has 0 saturated heterocycles. The summed E-state index contributed by atoms with van der Waals surface area (Å²) in [6, 6.07) is 19.0. The third-order valence-corrected chi connectivity index (χ3v) is 7.88. The number of hydrogen-bond donors (Lipinski definition) is 1. The predicted octanol–water partition coefficient (Wildman–Crippen LogP) is 4.02. The summed E-state index contributed by atoms with van der Waals surface area (Å²) in [6.45, 7) is 3.06. The maximum absolute atomic E-state index is 13.8. The van der Waals surface area contributed by atoms with Gasteiger partial charge < -0.3 is 15.0 Å². The van der Waals surface area contributed by atoms with Gasteiger partial charge in [-0.15, -0.1) is 0 Å². The highest BCUT2D eigenvalue weighted by Crippen LogP contribution is 2.35. The second kappa shape index (κ2) is 12.1. The highest BCUT2D eigenvalue weighted by molar-refractivity contribution is 7.92. The van der Waals surface area contributed by atoms with Gasteiger partial charge in [-0.25, -0.2) is 8.42 Å². The van der Waals surface area contributed by atoms with Crippen molar-refractivity contribution in [3.63, 3.8) is 0 Å². The zero-order valence-corrected chi connectivity index (χ0v) is 22.7. The van der Waals surface area contributed by atoms with Crippen LogP contribution in [0, 0.1) is 6.92 Å². The lowest BCUT2D eigenvalue weighted by Gasteiger charge is -2.32. The van der Waals surface area contributed by atoms with E-state index < -0.39 is 28.5 Å². The molecule has 1 atom stereocenters. The Kier molecular flexibility index (Phi) is 9.18. The van der Waals surface area contributed by atoms with E-state index in [1.165, 1.54) is 43.3 Å². The number of anilines is 1. The zero-order chi connectivity index (χ0) is 27.2. The molecule has 0 spiro atoms. The van der Waals surface area contributed by atoms with Crippen LogP contribution in [0.15, 0.2) is 77.7 Å². The summed E-state index contributed by atoms with van der Waals surface area (Å²) in [5.74, 6) is -0.723. The van der Waals surface area contributed by atoms with E-state index in [9.17, 15) is 18.0 Å². The number of nitrogens with one attached hydrogen (secondary N) is 1. The highest BCUT2D eigenvalue weighted by Gasteiger charge is 2.33. The predicted molar refractivity (Wildman–Crippen MR) is 144 cm³/mol. The largest absolute Gasteiger partial charge is 0.495 e. The first-order valence-corrected chi connectivity index (χ1v) is 13.4. The first-order chi connectivity index (χ1) is 17.6. The molecule has 0 aliphatic rings. The monoisotopic (exact) mass is 543 g/mol. The molecule has 3 rings (SSSR count). The number of benzene rings is 3. The van der Waals surface area contributed by atoms with Crippen LogP contribution in [-0.4, -0.2) is 51.9 Å². The van der Waals surface area contributed by atoms with E-state index in [0.29, 0.717) is 0 Å². The first-order valence-electron chi connectivity index (χ1n) is 11.6. The Morgan fingerprint density at radius 3 is 2.35 bits per heavy atom. The van der Waals surface area contributed by atoms with Crippen LogP contribution in [0.4, 0.5) is 5.69 Å². The number of aryl methyl sites for hydroxylation is 1. The number of carbonyl (C=O) groups excluding carboxylic acids is 2. The molecule has 196 valence electrons. The van der Waals surface area contributed by atoms with Gasteiger partial charge in [-0.2, -0.15) is 0 Å². The van der Waals surface area contributed by atoms with Crippen molar-refractivity contribution in [3.8, 4) is 5.75 Å². The number of likely N-dealkylation sites (N-methyl/N-ethyl adjacent to an activating group) is 1. The van der Waals surface area contributed by atoms with Gasteiger partial charge in [0.25, 0.3) is 10.0 Å². The lowest BCUT2D eigenvalue weighted by Crippen LogP contribution is -2.50. The average Bonchev–Trinajstić information content (AvgIpc) is 2.89. The number of hydrogen-bond acceptors (Lipinski definition) is 5. The van der Waals surface area contributed by atoms with Crippen LogP contribution in [0.1, 0.15) is 18.1 Å². The van der Waals surface area contributed by atoms with E-state index in [4.69, 9.17) is 16.3 Å². The van der Waals surface area contributed by atoms with E-state index in [2.05, 4.69) is 5.32 Å². The molecule has 1 N–H and O–H groups in total. The number of rotatable bonds is 10. The van der Waals surface area contributed by atoms with Crippen LogP contribution in [0.2, 0.25) is 5.02 Å². The Hall–Kier alpha value is -3.56. The standard InChI is InChI=1S/C27H30ClN3O5S/c1-19-9-8-10-21(15-19)17-30(20(2)27(33)29-3)26(32)18-31(24-16-22(28)13-14-25(24)36-4)37(34,35)23-11-6-5-7-12-23/h5-16,20H,17-18H2,1-4H3,(H,29,33). The van der Waals surface area contributed by atoms with Gasteiger partial charge in [0.1, 0.15) is 18.3 Å². The number of ether oxygens (including phenoxy) is 1. The van der Waals surface area contributed by atoms with Crippen molar-refractivity contribution in [1.29, 1.82) is 0 Å². The summed E-state index contributed by atoms with van der Waals surface area (Å²) in [4.78, 5) is 27.7. The van der Waals surface area contributed by atoms with E-state index >= 15 is 0 Å². The van der Waals surface area contributed by atoms with Gasteiger partial charge in [0.15, 0.2) is 0 Å². The summed E-state index contributed by atoms with van der Waals surface area (Å²) in [6.07, 6.45) is 0. The molecule has 3 aromatic rings. The normalized spacial score (nSPS) is 11.9. The van der Waals surface area contributed by atoms with Crippen LogP contribution in [-0.2, 0) is 26.2 Å². The molecular weight excluding hydrogens is 514 g/mol. The van der Waals surface area contributed by atoms with Crippen molar-refractivity contribution >= 4 is 39.1 Å². The first kappa shape index (κ1) is 28.0. The molecule has 0 bridgehead atoms. The number of nitrogens with zero attached hydrogens (tertiary/aromatic N) is 2. The van der Waals surface area contributed by atoms with Gasteiger partial charge in [0, 0.05) is 18.6 Å². The third-order valence-electron chi connectivity index (χ3n) is 5.87. The minimum atomic E-state index is -4.22. The summed E-state index contributed by atoms with van der Waals surface area (Å²) in [5, 5.41) is 2.83. The molecule has 3 aromatic carbocycles. The minimum absolute atomic E-state index is 0.00517. The van der Waals surface area contributed by atoms with Gasteiger partial charge in [-0.1, -0.05) is 59.6 Å².